The van der Waals surface area contributed by atoms with Crippen LogP contribution in [0.1, 0.15) is 39.0 Å². The minimum Gasteiger partial charge on any atom is -0.400 e. The Morgan fingerprint density at radius 3 is 2.41 bits per heavy atom. The number of anilines is 1. The third kappa shape index (κ3) is 3.32. The fourth-order valence-corrected chi connectivity index (χ4v) is 2.24. The number of hydrogen-bond acceptors (Lipinski definition) is 6. The van der Waals surface area contributed by atoms with Crippen LogP contribution in [0.4, 0.5) is 5.95 Å². The van der Waals surface area contributed by atoms with E-state index in [1.165, 1.54) is 0 Å². The van der Waals surface area contributed by atoms with E-state index in [2.05, 4.69) is 15.3 Å². The van der Waals surface area contributed by atoms with E-state index in [-0.39, 0.29) is 17.2 Å². The Labute approximate surface area is 132 Å². The summed E-state index contributed by atoms with van der Waals surface area (Å²) in [7, 11) is 1.50. The zero-order valence-corrected chi connectivity index (χ0v) is 14.2. The van der Waals surface area contributed by atoms with Gasteiger partial charge >= 0.3 is 7.12 Å². The first kappa shape index (κ1) is 16.9. The molecule has 2 heterocycles. The molecule has 0 radical (unpaired) electrons. The number of nitrogens with one attached hydrogen (secondary N) is 1. The minimum absolute atomic E-state index is 0.278. The van der Waals surface area contributed by atoms with Crippen LogP contribution in [0.2, 0.25) is 0 Å². The molecule has 6 nitrogen and oxygen atoms in total. The SMILES string of the molecule is CNCC(=Cc1cnc(N)nc1C)B1OC(C)(C)C(C)(C)O1. The van der Waals surface area contributed by atoms with E-state index >= 15 is 0 Å². The topological polar surface area (TPSA) is 82.3 Å². The van der Waals surface area contributed by atoms with Crippen molar-refractivity contribution in [2.24, 2.45) is 0 Å². The first-order valence-corrected chi connectivity index (χ1v) is 7.46. The summed E-state index contributed by atoms with van der Waals surface area (Å²) in [4.78, 5) is 8.25. The van der Waals surface area contributed by atoms with E-state index in [9.17, 15) is 0 Å². The largest absolute Gasteiger partial charge is 0.491 e. The summed E-state index contributed by atoms with van der Waals surface area (Å²) in [6, 6.07) is 0. The molecule has 1 fully saturated rings. The lowest BCUT2D eigenvalue weighted by atomic mass is 9.77. The van der Waals surface area contributed by atoms with E-state index in [0.29, 0.717) is 6.54 Å². The zero-order valence-electron chi connectivity index (χ0n) is 14.2. The average molecular weight is 304 g/mol. The predicted octanol–water partition coefficient (Wildman–Crippen LogP) is 1.60. The number of likely N-dealkylation sites (N-methyl/N-ethyl adjacent to an activating group) is 1. The van der Waals surface area contributed by atoms with Crippen molar-refractivity contribution in [2.45, 2.75) is 45.8 Å². The highest BCUT2D eigenvalue weighted by molar-refractivity contribution is 6.55. The van der Waals surface area contributed by atoms with Gasteiger partial charge in [-0.15, -0.1) is 0 Å². The van der Waals surface area contributed by atoms with Crippen LogP contribution in [0.25, 0.3) is 6.08 Å². The smallest absolute Gasteiger partial charge is 0.400 e. The molecule has 3 N–H and O–H groups in total. The summed E-state index contributed by atoms with van der Waals surface area (Å²) in [5.41, 5.74) is 7.62. The summed E-state index contributed by atoms with van der Waals surface area (Å²) < 4.78 is 12.2. The number of hydrogen-bond donors (Lipinski definition) is 2. The van der Waals surface area contributed by atoms with Gasteiger partial charge in [-0.2, -0.15) is 0 Å². The molecule has 1 aliphatic heterocycles. The predicted molar refractivity (Wildman–Crippen MR) is 89.2 cm³/mol. The van der Waals surface area contributed by atoms with Crippen LogP contribution in [-0.4, -0.2) is 41.9 Å². The van der Waals surface area contributed by atoms with Gasteiger partial charge in [0.05, 0.1) is 16.9 Å². The lowest BCUT2D eigenvalue weighted by Gasteiger charge is -2.32. The molecule has 120 valence electrons. The third-order valence-electron chi connectivity index (χ3n) is 4.31. The third-order valence-corrected chi connectivity index (χ3v) is 4.31. The Morgan fingerprint density at radius 2 is 1.91 bits per heavy atom. The average Bonchev–Trinajstić information content (AvgIpc) is 2.61. The summed E-state index contributed by atoms with van der Waals surface area (Å²) in [6.45, 7) is 10.7. The fourth-order valence-electron chi connectivity index (χ4n) is 2.24. The molecule has 0 saturated carbocycles. The Balaban J connectivity index is 2.33. The standard InChI is InChI=1S/C15H25BN4O2/c1-10-11(8-19-13(17)20-10)7-12(9-18-6)16-21-14(2,3)15(4,5)22-16/h7-8,18H,9H2,1-6H3,(H2,17,19,20). The van der Waals surface area contributed by atoms with Gasteiger partial charge in [-0.1, -0.05) is 6.08 Å². The van der Waals surface area contributed by atoms with Crippen molar-refractivity contribution in [3.05, 3.63) is 22.9 Å². The molecule has 0 spiro atoms. The molecular weight excluding hydrogens is 279 g/mol. The van der Waals surface area contributed by atoms with E-state index in [1.807, 2.05) is 47.7 Å². The molecule has 2 rings (SSSR count). The van der Waals surface area contributed by atoms with Gasteiger partial charge < -0.3 is 20.4 Å². The Hall–Kier alpha value is -1.44. The van der Waals surface area contributed by atoms with Crippen molar-refractivity contribution in [2.75, 3.05) is 19.3 Å². The monoisotopic (exact) mass is 304 g/mol. The van der Waals surface area contributed by atoms with Gasteiger partial charge in [0.25, 0.3) is 0 Å². The molecule has 0 atom stereocenters. The van der Waals surface area contributed by atoms with Gasteiger partial charge in [-0.3, -0.25) is 0 Å². The van der Waals surface area contributed by atoms with Gasteiger partial charge in [0.1, 0.15) is 0 Å². The van der Waals surface area contributed by atoms with Crippen LogP contribution in [0.15, 0.2) is 11.7 Å². The minimum atomic E-state index is -0.394. The van der Waals surface area contributed by atoms with Crippen LogP contribution < -0.4 is 11.1 Å². The quantitative estimate of drug-likeness (QED) is 0.822. The molecule has 22 heavy (non-hydrogen) atoms. The summed E-state index contributed by atoms with van der Waals surface area (Å²) in [5, 5.41) is 3.16. The van der Waals surface area contributed by atoms with Crippen LogP contribution >= 0.6 is 0 Å². The van der Waals surface area contributed by atoms with E-state index in [4.69, 9.17) is 15.0 Å². The molecule has 7 heteroatoms. The van der Waals surface area contributed by atoms with E-state index in [1.54, 1.807) is 6.20 Å². The van der Waals surface area contributed by atoms with Crippen molar-refractivity contribution in [3.63, 3.8) is 0 Å². The van der Waals surface area contributed by atoms with Crippen LogP contribution in [0.3, 0.4) is 0 Å². The zero-order chi connectivity index (χ0) is 16.5. The molecule has 1 aliphatic rings. The Kier molecular flexibility index (Phi) is 4.61. The van der Waals surface area contributed by atoms with Gasteiger partial charge in [0.2, 0.25) is 5.95 Å². The van der Waals surface area contributed by atoms with Gasteiger partial charge in [0, 0.05) is 18.3 Å². The number of nitrogens with two attached hydrogens (primary N) is 1. The molecule has 1 aromatic heterocycles. The molecule has 1 saturated heterocycles. The number of rotatable bonds is 4. The summed E-state index contributed by atoms with van der Waals surface area (Å²) >= 11 is 0. The maximum atomic E-state index is 6.12. The lowest BCUT2D eigenvalue weighted by Crippen LogP contribution is -2.41. The summed E-state index contributed by atoms with van der Waals surface area (Å²) in [5.74, 6) is 0.278. The second-order valence-electron chi connectivity index (χ2n) is 6.61. The highest BCUT2D eigenvalue weighted by Gasteiger charge is 2.52. The van der Waals surface area contributed by atoms with Gasteiger partial charge in [-0.25, -0.2) is 9.97 Å². The Morgan fingerprint density at radius 1 is 1.32 bits per heavy atom. The van der Waals surface area contributed by atoms with Crippen molar-refractivity contribution in [3.8, 4) is 0 Å². The van der Waals surface area contributed by atoms with Gasteiger partial charge in [-0.05, 0) is 47.1 Å². The lowest BCUT2D eigenvalue weighted by molar-refractivity contribution is 0.00578. The van der Waals surface area contributed by atoms with Gasteiger partial charge in [0.15, 0.2) is 0 Å². The second-order valence-corrected chi connectivity index (χ2v) is 6.61. The first-order valence-electron chi connectivity index (χ1n) is 7.46. The van der Waals surface area contributed by atoms with Crippen molar-refractivity contribution in [1.29, 1.82) is 0 Å². The molecular formula is C15H25BN4O2. The Bertz CT molecular complexity index is 571. The molecule has 0 aliphatic carbocycles. The maximum absolute atomic E-state index is 6.12. The number of nitrogen functional groups attached to an aromatic ring is 1. The normalized spacial score (nSPS) is 20.5. The maximum Gasteiger partial charge on any atom is 0.491 e. The van der Waals surface area contributed by atoms with E-state index < -0.39 is 7.12 Å². The molecule has 1 aromatic rings. The number of aryl methyl sites for hydroxylation is 1. The first-order chi connectivity index (χ1) is 10.2. The molecule has 0 aromatic carbocycles. The van der Waals surface area contributed by atoms with Crippen molar-refractivity contribution in [1.82, 2.24) is 15.3 Å². The molecule has 0 unspecified atom stereocenters. The molecule has 0 bridgehead atoms. The summed E-state index contributed by atoms with van der Waals surface area (Å²) in [6.07, 6.45) is 3.73. The van der Waals surface area contributed by atoms with Crippen LogP contribution in [0.5, 0.6) is 0 Å². The van der Waals surface area contributed by atoms with Crippen molar-refractivity contribution < 1.29 is 9.31 Å². The highest BCUT2D eigenvalue weighted by Crippen LogP contribution is 2.38. The fraction of sp³-hybridized carbons (Fsp3) is 0.600. The number of nitrogens with zero attached hydrogens (tertiary/aromatic N) is 2. The number of aromatic nitrogens is 2. The van der Waals surface area contributed by atoms with Crippen molar-refractivity contribution >= 4 is 19.1 Å². The highest BCUT2D eigenvalue weighted by atomic mass is 16.7. The van der Waals surface area contributed by atoms with E-state index in [0.717, 1.165) is 16.7 Å². The van der Waals surface area contributed by atoms with Crippen LogP contribution in [-0.2, 0) is 9.31 Å². The second kappa shape index (κ2) is 5.99. The van der Waals surface area contributed by atoms with Crippen LogP contribution in [0, 0.1) is 6.92 Å². The molecule has 0 amide bonds.